The second-order valence-electron chi connectivity index (χ2n) is 5.52. The van der Waals surface area contributed by atoms with Crippen LogP contribution >= 0.6 is 0 Å². The number of benzene rings is 1. The molecule has 5 heteroatoms. The van der Waals surface area contributed by atoms with Gasteiger partial charge in [-0.1, -0.05) is 51.0 Å². The highest BCUT2D eigenvalue weighted by atomic mass is 32.2. The Morgan fingerprint density at radius 2 is 1.90 bits per heavy atom. The van der Waals surface area contributed by atoms with Gasteiger partial charge in [-0.2, -0.15) is 0 Å². The fourth-order valence-electron chi connectivity index (χ4n) is 2.24. The van der Waals surface area contributed by atoms with Gasteiger partial charge in [-0.3, -0.25) is 0 Å². The van der Waals surface area contributed by atoms with Gasteiger partial charge < -0.3 is 5.32 Å². The van der Waals surface area contributed by atoms with Gasteiger partial charge in [0.2, 0.25) is 10.0 Å². The van der Waals surface area contributed by atoms with Crippen LogP contribution in [-0.2, 0) is 22.3 Å². The zero-order valence-corrected chi connectivity index (χ0v) is 14.2. The van der Waals surface area contributed by atoms with E-state index in [0.717, 1.165) is 43.5 Å². The number of hydrogen-bond acceptors (Lipinski definition) is 3. The van der Waals surface area contributed by atoms with Gasteiger partial charge in [-0.25, -0.2) is 13.1 Å². The number of sulfonamides is 1. The van der Waals surface area contributed by atoms with E-state index in [9.17, 15) is 8.42 Å². The first kappa shape index (κ1) is 18.1. The van der Waals surface area contributed by atoms with E-state index in [2.05, 4.69) is 23.9 Å². The highest BCUT2D eigenvalue weighted by Crippen LogP contribution is 2.10. The van der Waals surface area contributed by atoms with Gasteiger partial charge in [-0.05, 0) is 31.0 Å². The summed E-state index contributed by atoms with van der Waals surface area (Å²) in [5, 5.41) is 3.24. The average Bonchev–Trinajstić information content (AvgIpc) is 2.42. The van der Waals surface area contributed by atoms with E-state index in [4.69, 9.17) is 0 Å². The molecule has 0 saturated carbocycles. The Hall–Kier alpha value is -0.910. The Morgan fingerprint density at radius 3 is 2.57 bits per heavy atom. The molecule has 0 radical (unpaired) electrons. The van der Waals surface area contributed by atoms with Crippen LogP contribution in [0.25, 0.3) is 0 Å². The minimum Gasteiger partial charge on any atom is -0.313 e. The van der Waals surface area contributed by atoms with Crippen molar-refractivity contribution < 1.29 is 8.42 Å². The fraction of sp³-hybridized carbons (Fsp3) is 0.625. The third-order valence-corrected chi connectivity index (χ3v) is 4.77. The van der Waals surface area contributed by atoms with Crippen molar-refractivity contribution in [1.29, 1.82) is 0 Å². The largest absolute Gasteiger partial charge is 0.313 e. The quantitative estimate of drug-likeness (QED) is 0.698. The smallest absolute Gasteiger partial charge is 0.216 e. The highest BCUT2D eigenvalue weighted by Gasteiger charge is 2.15. The lowest BCUT2D eigenvalue weighted by Crippen LogP contribution is -2.33. The van der Waals surface area contributed by atoms with Gasteiger partial charge in [0, 0.05) is 12.6 Å². The summed E-state index contributed by atoms with van der Waals surface area (Å²) < 4.78 is 27.1. The summed E-state index contributed by atoms with van der Waals surface area (Å²) in [5.74, 6) is 0.0451. The third-order valence-electron chi connectivity index (χ3n) is 3.30. The summed E-state index contributed by atoms with van der Waals surface area (Å²) in [6.45, 7) is 7.76. The third kappa shape index (κ3) is 7.60. The van der Waals surface area contributed by atoms with Crippen molar-refractivity contribution in [3.63, 3.8) is 0 Å². The van der Waals surface area contributed by atoms with Gasteiger partial charge in [0.15, 0.2) is 0 Å². The number of unbranched alkanes of at least 4 members (excludes halogenated alkanes) is 1. The summed E-state index contributed by atoms with van der Waals surface area (Å²) in [5.41, 5.74) is 1.95. The molecule has 0 aliphatic heterocycles. The van der Waals surface area contributed by atoms with Crippen LogP contribution in [0.3, 0.4) is 0 Å². The highest BCUT2D eigenvalue weighted by molar-refractivity contribution is 7.88. The lowest BCUT2D eigenvalue weighted by atomic mass is 10.1. The van der Waals surface area contributed by atoms with Gasteiger partial charge in [0.05, 0.1) is 5.75 Å². The van der Waals surface area contributed by atoms with E-state index >= 15 is 0 Å². The Labute approximate surface area is 129 Å². The number of hydrogen-bond donors (Lipinski definition) is 2. The van der Waals surface area contributed by atoms with Gasteiger partial charge in [0.1, 0.15) is 0 Å². The molecule has 21 heavy (non-hydrogen) atoms. The predicted molar refractivity (Wildman–Crippen MR) is 88.6 cm³/mol. The van der Waals surface area contributed by atoms with E-state index in [1.165, 1.54) is 0 Å². The molecule has 1 aromatic rings. The average molecular weight is 312 g/mol. The maximum atomic E-state index is 12.2. The lowest BCUT2D eigenvalue weighted by molar-refractivity contribution is 0.533. The minimum absolute atomic E-state index is 0.000101. The zero-order chi connectivity index (χ0) is 15.7. The fourth-order valence-corrected chi connectivity index (χ4v) is 3.67. The Kier molecular flexibility index (Phi) is 7.93. The first-order valence-electron chi connectivity index (χ1n) is 7.75. The van der Waals surface area contributed by atoms with Crippen LogP contribution in [0.4, 0.5) is 0 Å². The van der Waals surface area contributed by atoms with Crippen molar-refractivity contribution in [1.82, 2.24) is 10.0 Å². The topological polar surface area (TPSA) is 58.2 Å². The van der Waals surface area contributed by atoms with E-state index in [1.54, 1.807) is 0 Å². The molecule has 0 amide bonds. The summed E-state index contributed by atoms with van der Waals surface area (Å²) in [7, 11) is -3.27. The molecular weight excluding hydrogens is 284 g/mol. The first-order chi connectivity index (χ1) is 9.96. The van der Waals surface area contributed by atoms with Crippen molar-refractivity contribution in [2.45, 2.75) is 58.4 Å². The Morgan fingerprint density at radius 1 is 1.19 bits per heavy atom. The molecule has 4 nitrogen and oxygen atoms in total. The van der Waals surface area contributed by atoms with Crippen molar-refractivity contribution in [2.75, 3.05) is 6.54 Å². The second-order valence-corrected chi connectivity index (χ2v) is 7.27. The van der Waals surface area contributed by atoms with Crippen LogP contribution < -0.4 is 10.0 Å². The molecule has 1 atom stereocenters. The van der Waals surface area contributed by atoms with E-state index in [-0.39, 0.29) is 11.8 Å². The monoisotopic (exact) mass is 312 g/mol. The molecule has 120 valence electrons. The Bertz CT molecular complexity index is 515. The van der Waals surface area contributed by atoms with Crippen LogP contribution in [-0.4, -0.2) is 21.0 Å². The van der Waals surface area contributed by atoms with Crippen LogP contribution in [0.1, 0.15) is 51.2 Å². The van der Waals surface area contributed by atoms with Crippen molar-refractivity contribution >= 4 is 10.0 Å². The Balaban J connectivity index is 2.62. The molecule has 0 saturated heterocycles. The number of nitrogens with one attached hydrogen (secondary N) is 2. The first-order valence-corrected chi connectivity index (χ1v) is 9.40. The zero-order valence-electron chi connectivity index (χ0n) is 13.4. The normalized spacial score (nSPS) is 13.3. The molecule has 0 aromatic heterocycles. The van der Waals surface area contributed by atoms with Crippen LogP contribution in [0.15, 0.2) is 24.3 Å². The standard InChI is InChI=1S/C16H28N2O2S/c1-4-6-8-14(3)18-21(19,20)13-16-10-7-9-15(11-16)12-17-5-2/h7,9-11,14,17-18H,4-6,8,12-13H2,1-3H3. The summed E-state index contributed by atoms with van der Waals surface area (Å²) >= 11 is 0. The van der Waals surface area contributed by atoms with Gasteiger partial charge in [-0.15, -0.1) is 0 Å². The van der Waals surface area contributed by atoms with Crippen LogP contribution in [0.2, 0.25) is 0 Å². The van der Waals surface area contributed by atoms with Gasteiger partial charge >= 0.3 is 0 Å². The molecule has 1 rings (SSSR count). The maximum Gasteiger partial charge on any atom is 0.216 e. The molecule has 0 aliphatic rings. The molecular formula is C16H28N2O2S. The summed E-state index contributed by atoms with van der Waals surface area (Å²) in [6.07, 6.45) is 3.01. The SMILES string of the molecule is CCCCC(C)NS(=O)(=O)Cc1cccc(CNCC)c1. The second kappa shape index (κ2) is 9.18. The molecule has 2 N–H and O–H groups in total. The summed E-state index contributed by atoms with van der Waals surface area (Å²) in [6, 6.07) is 7.75. The van der Waals surface area contributed by atoms with Gasteiger partial charge in [0.25, 0.3) is 0 Å². The molecule has 1 aromatic carbocycles. The van der Waals surface area contributed by atoms with Crippen LogP contribution in [0.5, 0.6) is 0 Å². The van der Waals surface area contributed by atoms with Crippen molar-refractivity contribution in [2.24, 2.45) is 0 Å². The minimum atomic E-state index is -3.27. The molecule has 0 bridgehead atoms. The molecule has 0 fully saturated rings. The van der Waals surface area contributed by atoms with E-state index < -0.39 is 10.0 Å². The molecule has 1 unspecified atom stereocenters. The van der Waals surface area contributed by atoms with Crippen molar-refractivity contribution in [3.05, 3.63) is 35.4 Å². The number of rotatable bonds is 10. The van der Waals surface area contributed by atoms with E-state index in [1.807, 2.05) is 31.2 Å². The van der Waals surface area contributed by atoms with E-state index in [0.29, 0.717) is 0 Å². The molecule has 0 aliphatic carbocycles. The van der Waals surface area contributed by atoms with Crippen LogP contribution in [0, 0.1) is 0 Å². The molecule has 0 spiro atoms. The molecule has 0 heterocycles. The summed E-state index contributed by atoms with van der Waals surface area (Å²) in [4.78, 5) is 0. The van der Waals surface area contributed by atoms with Crippen molar-refractivity contribution in [3.8, 4) is 0 Å². The predicted octanol–water partition coefficient (Wildman–Crippen LogP) is 2.79. The lowest BCUT2D eigenvalue weighted by Gasteiger charge is -2.14. The maximum absolute atomic E-state index is 12.2.